The fraction of sp³-hybridized carbons (Fsp3) is 0.364. The topological polar surface area (TPSA) is 64.7 Å². The standard InChI is InChI=1S/C22H28N4O2/c1-16(2)23-22(28)24-19-11-9-18(10-12-19)21(27)26-14-13-25(3)15-20(26)17-7-5-4-6-8-17/h4-12,16,20H,13-15H2,1-3H3,(H2,23,24,28). The molecular formula is C22H28N4O2. The zero-order valence-corrected chi connectivity index (χ0v) is 16.7. The van der Waals surface area contributed by atoms with E-state index in [2.05, 4.69) is 34.7 Å². The maximum absolute atomic E-state index is 13.2. The summed E-state index contributed by atoms with van der Waals surface area (Å²) in [5.74, 6) is 0.0140. The first-order chi connectivity index (χ1) is 13.4. The summed E-state index contributed by atoms with van der Waals surface area (Å²) in [4.78, 5) is 29.2. The van der Waals surface area contributed by atoms with Crippen LogP contribution in [0.4, 0.5) is 10.5 Å². The van der Waals surface area contributed by atoms with Gasteiger partial charge in [-0.25, -0.2) is 4.79 Å². The summed E-state index contributed by atoms with van der Waals surface area (Å²) >= 11 is 0. The maximum atomic E-state index is 13.2. The largest absolute Gasteiger partial charge is 0.336 e. The number of nitrogens with one attached hydrogen (secondary N) is 2. The molecule has 0 saturated carbocycles. The highest BCUT2D eigenvalue weighted by molar-refractivity contribution is 5.96. The van der Waals surface area contributed by atoms with Crippen molar-refractivity contribution < 1.29 is 9.59 Å². The minimum absolute atomic E-state index is 0.0140. The van der Waals surface area contributed by atoms with Gasteiger partial charge in [-0.2, -0.15) is 0 Å². The highest BCUT2D eigenvalue weighted by atomic mass is 16.2. The lowest BCUT2D eigenvalue weighted by Crippen LogP contribution is -2.49. The number of urea groups is 1. The number of benzene rings is 2. The van der Waals surface area contributed by atoms with Crippen LogP contribution in [-0.2, 0) is 0 Å². The van der Waals surface area contributed by atoms with Crippen molar-refractivity contribution in [3.63, 3.8) is 0 Å². The average Bonchev–Trinajstić information content (AvgIpc) is 2.68. The molecule has 1 saturated heterocycles. The van der Waals surface area contributed by atoms with Crippen molar-refractivity contribution in [1.82, 2.24) is 15.1 Å². The van der Waals surface area contributed by atoms with Crippen LogP contribution in [0.2, 0.25) is 0 Å². The lowest BCUT2D eigenvalue weighted by Gasteiger charge is -2.40. The number of hydrogen-bond donors (Lipinski definition) is 2. The number of carbonyl (C=O) groups excluding carboxylic acids is 2. The van der Waals surface area contributed by atoms with E-state index >= 15 is 0 Å². The highest BCUT2D eigenvalue weighted by Crippen LogP contribution is 2.26. The third-order valence-corrected chi connectivity index (χ3v) is 4.84. The van der Waals surface area contributed by atoms with E-state index in [4.69, 9.17) is 0 Å². The Morgan fingerprint density at radius 2 is 1.68 bits per heavy atom. The van der Waals surface area contributed by atoms with Gasteiger partial charge in [-0.1, -0.05) is 30.3 Å². The molecule has 2 aromatic carbocycles. The van der Waals surface area contributed by atoms with E-state index in [9.17, 15) is 9.59 Å². The predicted molar refractivity (Wildman–Crippen MR) is 111 cm³/mol. The number of anilines is 1. The van der Waals surface area contributed by atoms with Crippen molar-refractivity contribution in [3.8, 4) is 0 Å². The Kier molecular flexibility index (Phi) is 6.31. The Hall–Kier alpha value is -2.86. The molecule has 0 bridgehead atoms. The fourth-order valence-corrected chi connectivity index (χ4v) is 3.41. The molecule has 1 unspecified atom stereocenters. The molecule has 0 aliphatic carbocycles. The van der Waals surface area contributed by atoms with Gasteiger partial charge in [-0.3, -0.25) is 4.79 Å². The molecule has 6 nitrogen and oxygen atoms in total. The second-order valence-corrected chi connectivity index (χ2v) is 7.52. The monoisotopic (exact) mass is 380 g/mol. The van der Waals surface area contributed by atoms with E-state index in [1.165, 1.54) is 0 Å². The second kappa shape index (κ2) is 8.89. The number of hydrogen-bond acceptors (Lipinski definition) is 3. The van der Waals surface area contributed by atoms with Gasteiger partial charge in [0.25, 0.3) is 5.91 Å². The summed E-state index contributed by atoms with van der Waals surface area (Å²) in [6.07, 6.45) is 0. The molecule has 148 valence electrons. The normalized spacial score (nSPS) is 17.4. The molecule has 1 heterocycles. The van der Waals surface area contributed by atoms with E-state index in [0.717, 1.165) is 18.7 Å². The molecule has 2 N–H and O–H groups in total. The SMILES string of the molecule is CC(C)NC(=O)Nc1ccc(C(=O)N2CCN(C)CC2c2ccccc2)cc1. The predicted octanol–water partition coefficient (Wildman–Crippen LogP) is 3.35. The summed E-state index contributed by atoms with van der Waals surface area (Å²) in [6, 6.07) is 17.1. The van der Waals surface area contributed by atoms with Gasteiger partial charge in [0.1, 0.15) is 0 Å². The molecule has 0 spiro atoms. The molecule has 1 aliphatic heterocycles. The van der Waals surface area contributed by atoms with E-state index in [1.54, 1.807) is 24.3 Å². The number of amides is 3. The highest BCUT2D eigenvalue weighted by Gasteiger charge is 2.30. The quantitative estimate of drug-likeness (QED) is 0.855. The van der Waals surface area contributed by atoms with Crippen molar-refractivity contribution in [2.24, 2.45) is 0 Å². The number of carbonyl (C=O) groups is 2. The molecule has 1 atom stereocenters. The van der Waals surface area contributed by atoms with Gasteiger partial charge in [-0.05, 0) is 50.7 Å². The summed E-state index contributed by atoms with van der Waals surface area (Å²) < 4.78 is 0. The first-order valence-electron chi connectivity index (χ1n) is 9.66. The minimum atomic E-state index is -0.253. The van der Waals surface area contributed by atoms with Crippen LogP contribution in [0.25, 0.3) is 0 Å². The Morgan fingerprint density at radius 1 is 1.00 bits per heavy atom. The Morgan fingerprint density at radius 3 is 2.32 bits per heavy atom. The van der Waals surface area contributed by atoms with Gasteiger partial charge in [0.15, 0.2) is 0 Å². The average molecular weight is 380 g/mol. The van der Waals surface area contributed by atoms with E-state index in [-0.39, 0.29) is 24.0 Å². The van der Waals surface area contributed by atoms with Crippen molar-refractivity contribution in [2.75, 3.05) is 32.0 Å². The number of nitrogens with zero attached hydrogens (tertiary/aromatic N) is 2. The first kappa shape index (κ1) is 19.9. The molecule has 6 heteroatoms. The maximum Gasteiger partial charge on any atom is 0.319 e. The third kappa shape index (κ3) is 4.89. The zero-order chi connectivity index (χ0) is 20.1. The van der Waals surface area contributed by atoms with Gasteiger partial charge in [-0.15, -0.1) is 0 Å². The lowest BCUT2D eigenvalue weighted by atomic mass is 10.0. The van der Waals surface area contributed by atoms with Gasteiger partial charge in [0, 0.05) is 36.9 Å². The van der Waals surface area contributed by atoms with Crippen molar-refractivity contribution in [2.45, 2.75) is 25.9 Å². The molecule has 28 heavy (non-hydrogen) atoms. The summed E-state index contributed by atoms with van der Waals surface area (Å²) in [5, 5.41) is 5.56. The number of rotatable bonds is 4. The molecule has 1 fully saturated rings. The number of likely N-dealkylation sites (N-methyl/N-ethyl adjacent to an activating group) is 1. The van der Waals surface area contributed by atoms with E-state index in [1.807, 2.05) is 36.9 Å². The Labute approximate surface area is 166 Å². The molecule has 3 amide bonds. The van der Waals surface area contributed by atoms with Crippen LogP contribution < -0.4 is 10.6 Å². The lowest BCUT2D eigenvalue weighted by molar-refractivity contribution is 0.0498. The van der Waals surface area contributed by atoms with Crippen molar-refractivity contribution in [3.05, 3.63) is 65.7 Å². The van der Waals surface area contributed by atoms with Crippen molar-refractivity contribution in [1.29, 1.82) is 0 Å². The molecular weight excluding hydrogens is 352 g/mol. The van der Waals surface area contributed by atoms with E-state index < -0.39 is 0 Å². The smallest absolute Gasteiger partial charge is 0.319 e. The van der Waals surface area contributed by atoms with E-state index in [0.29, 0.717) is 17.8 Å². The minimum Gasteiger partial charge on any atom is -0.336 e. The van der Waals surface area contributed by atoms with Crippen LogP contribution >= 0.6 is 0 Å². The molecule has 0 radical (unpaired) electrons. The van der Waals surface area contributed by atoms with Crippen LogP contribution in [0.5, 0.6) is 0 Å². The first-order valence-corrected chi connectivity index (χ1v) is 9.66. The number of piperazine rings is 1. The van der Waals surface area contributed by atoms with Gasteiger partial charge in [0.05, 0.1) is 6.04 Å². The van der Waals surface area contributed by atoms with Crippen LogP contribution in [0, 0.1) is 0 Å². The molecule has 1 aliphatic rings. The van der Waals surface area contributed by atoms with Gasteiger partial charge in [0.2, 0.25) is 0 Å². The van der Waals surface area contributed by atoms with Gasteiger partial charge < -0.3 is 20.4 Å². The summed E-state index contributed by atoms with van der Waals surface area (Å²) in [5.41, 5.74) is 2.43. The molecule has 0 aromatic heterocycles. The van der Waals surface area contributed by atoms with Crippen LogP contribution in [0.1, 0.15) is 35.8 Å². The zero-order valence-electron chi connectivity index (χ0n) is 16.7. The Balaban J connectivity index is 1.73. The fourth-order valence-electron chi connectivity index (χ4n) is 3.41. The summed E-state index contributed by atoms with van der Waals surface area (Å²) in [6.45, 7) is 6.15. The second-order valence-electron chi connectivity index (χ2n) is 7.52. The van der Waals surface area contributed by atoms with Gasteiger partial charge >= 0.3 is 6.03 Å². The van der Waals surface area contributed by atoms with Crippen LogP contribution in [-0.4, -0.2) is 54.5 Å². The third-order valence-electron chi connectivity index (χ3n) is 4.84. The van der Waals surface area contributed by atoms with Crippen LogP contribution in [0.15, 0.2) is 54.6 Å². The molecule has 3 rings (SSSR count). The molecule has 2 aromatic rings. The Bertz CT molecular complexity index is 805. The summed E-state index contributed by atoms with van der Waals surface area (Å²) in [7, 11) is 2.08. The van der Waals surface area contributed by atoms with Crippen LogP contribution in [0.3, 0.4) is 0 Å². The van der Waals surface area contributed by atoms with Crippen molar-refractivity contribution >= 4 is 17.6 Å².